The highest BCUT2D eigenvalue weighted by atomic mass is 16.5. The van der Waals surface area contributed by atoms with Gasteiger partial charge in [0.1, 0.15) is 11.8 Å². The van der Waals surface area contributed by atoms with E-state index in [1.165, 1.54) is 0 Å². The third kappa shape index (κ3) is 5.74. The molecule has 0 fully saturated rings. The third-order valence-electron chi connectivity index (χ3n) is 3.70. The van der Waals surface area contributed by atoms with Crippen LogP contribution in [0.5, 0.6) is 5.75 Å². The summed E-state index contributed by atoms with van der Waals surface area (Å²) in [6.45, 7) is 6.74. The Hall–Kier alpha value is -1.57. The van der Waals surface area contributed by atoms with E-state index < -0.39 is 0 Å². The Morgan fingerprint density at radius 3 is 2.57 bits per heavy atom. The van der Waals surface area contributed by atoms with Crippen LogP contribution < -0.4 is 4.74 Å². The lowest BCUT2D eigenvalue weighted by molar-refractivity contribution is 0.134. The molecule has 0 aliphatic rings. The van der Waals surface area contributed by atoms with Crippen molar-refractivity contribution in [2.75, 3.05) is 26.3 Å². The number of rotatable bonds is 10. The van der Waals surface area contributed by atoms with Gasteiger partial charge in [0, 0.05) is 19.1 Å². The van der Waals surface area contributed by atoms with Crippen molar-refractivity contribution in [1.29, 1.82) is 5.26 Å². The maximum Gasteiger partial charge on any atom is 0.137 e. The van der Waals surface area contributed by atoms with Gasteiger partial charge in [0.15, 0.2) is 0 Å². The van der Waals surface area contributed by atoms with Crippen molar-refractivity contribution in [2.45, 2.75) is 39.2 Å². The van der Waals surface area contributed by atoms with E-state index >= 15 is 0 Å². The Labute approximate surface area is 128 Å². The molecule has 1 aromatic rings. The van der Waals surface area contributed by atoms with E-state index in [4.69, 9.17) is 10.00 Å². The second kappa shape index (κ2) is 10.2. The first kappa shape index (κ1) is 17.5. The van der Waals surface area contributed by atoms with Crippen molar-refractivity contribution < 1.29 is 9.84 Å². The molecule has 4 nitrogen and oxygen atoms in total. The zero-order valence-corrected chi connectivity index (χ0v) is 13.1. The molecule has 0 bridgehead atoms. The predicted octanol–water partition coefficient (Wildman–Crippen LogP) is 2.81. The minimum absolute atomic E-state index is 0.189. The van der Waals surface area contributed by atoms with Crippen molar-refractivity contribution in [3.05, 3.63) is 29.8 Å². The summed E-state index contributed by atoms with van der Waals surface area (Å²) in [4.78, 5) is 2.32. The molecule has 4 heteroatoms. The molecule has 0 aromatic heterocycles. The summed E-state index contributed by atoms with van der Waals surface area (Å²) in [5.41, 5.74) is 0.574. The summed E-state index contributed by atoms with van der Waals surface area (Å²) in [7, 11) is 0. The van der Waals surface area contributed by atoms with Crippen LogP contribution in [0.15, 0.2) is 24.3 Å². The first-order chi connectivity index (χ1) is 10.3. The average Bonchev–Trinajstić information content (AvgIpc) is 2.52. The lowest BCUT2D eigenvalue weighted by Crippen LogP contribution is -2.37. The quantitative estimate of drug-likeness (QED) is 0.673. The van der Waals surface area contributed by atoms with Crippen molar-refractivity contribution in [3.8, 4) is 11.8 Å². The monoisotopic (exact) mass is 290 g/mol. The minimum atomic E-state index is 0.189. The Morgan fingerprint density at radius 1 is 1.24 bits per heavy atom. The van der Waals surface area contributed by atoms with E-state index in [0.29, 0.717) is 30.5 Å². The molecular weight excluding hydrogens is 264 g/mol. The van der Waals surface area contributed by atoms with Crippen molar-refractivity contribution >= 4 is 0 Å². The lowest BCUT2D eigenvalue weighted by Gasteiger charge is -2.29. The number of aliphatic hydroxyl groups is 1. The molecule has 0 unspecified atom stereocenters. The van der Waals surface area contributed by atoms with Crippen molar-refractivity contribution in [1.82, 2.24) is 4.90 Å². The molecule has 0 amide bonds. The highest BCUT2D eigenvalue weighted by Gasteiger charge is 2.14. The SMILES string of the molecule is CCC(CC)N(CCO)CCCOc1ccccc1C#N. The van der Waals surface area contributed by atoms with Gasteiger partial charge < -0.3 is 9.84 Å². The molecule has 116 valence electrons. The fourth-order valence-electron chi connectivity index (χ4n) is 2.55. The van der Waals surface area contributed by atoms with Crippen LogP contribution in [0.25, 0.3) is 0 Å². The van der Waals surface area contributed by atoms with Crippen LogP contribution in [0.2, 0.25) is 0 Å². The van der Waals surface area contributed by atoms with E-state index in [2.05, 4.69) is 24.8 Å². The summed E-state index contributed by atoms with van der Waals surface area (Å²) >= 11 is 0. The van der Waals surface area contributed by atoms with Crippen LogP contribution in [0.4, 0.5) is 0 Å². The Bertz CT molecular complexity index is 439. The molecule has 0 aliphatic carbocycles. The van der Waals surface area contributed by atoms with E-state index in [9.17, 15) is 5.11 Å². The van der Waals surface area contributed by atoms with E-state index in [1.807, 2.05) is 18.2 Å². The molecule has 0 heterocycles. The summed E-state index contributed by atoms with van der Waals surface area (Å²) in [6.07, 6.45) is 3.07. The summed E-state index contributed by atoms with van der Waals surface area (Å²) < 4.78 is 5.69. The molecule has 21 heavy (non-hydrogen) atoms. The molecule has 0 radical (unpaired) electrons. The summed E-state index contributed by atoms with van der Waals surface area (Å²) in [6, 6.07) is 9.94. The Balaban J connectivity index is 2.42. The van der Waals surface area contributed by atoms with Gasteiger partial charge in [-0.2, -0.15) is 5.26 Å². The second-order valence-corrected chi connectivity index (χ2v) is 5.04. The molecular formula is C17H26N2O2. The van der Waals surface area contributed by atoms with Gasteiger partial charge in [-0.1, -0.05) is 26.0 Å². The maximum absolute atomic E-state index is 9.17. The smallest absolute Gasteiger partial charge is 0.137 e. The fourth-order valence-corrected chi connectivity index (χ4v) is 2.55. The zero-order chi connectivity index (χ0) is 15.5. The van der Waals surface area contributed by atoms with Gasteiger partial charge >= 0.3 is 0 Å². The van der Waals surface area contributed by atoms with Crippen molar-refractivity contribution in [3.63, 3.8) is 0 Å². The Morgan fingerprint density at radius 2 is 1.95 bits per heavy atom. The van der Waals surface area contributed by atoms with Gasteiger partial charge in [0.25, 0.3) is 0 Å². The predicted molar refractivity (Wildman–Crippen MR) is 84.3 cm³/mol. The number of benzene rings is 1. The highest BCUT2D eigenvalue weighted by molar-refractivity contribution is 5.42. The first-order valence-electron chi connectivity index (χ1n) is 7.73. The number of ether oxygens (including phenoxy) is 1. The number of para-hydroxylation sites is 1. The normalized spacial score (nSPS) is 10.9. The molecule has 1 N–H and O–H groups in total. The molecule has 0 saturated heterocycles. The molecule has 1 aromatic carbocycles. The summed E-state index contributed by atoms with van der Waals surface area (Å²) in [5, 5.41) is 18.2. The first-order valence-corrected chi connectivity index (χ1v) is 7.73. The molecule has 0 saturated carbocycles. The molecule has 0 atom stereocenters. The van der Waals surface area contributed by atoms with Gasteiger partial charge in [-0.3, -0.25) is 4.90 Å². The zero-order valence-electron chi connectivity index (χ0n) is 13.1. The fraction of sp³-hybridized carbons (Fsp3) is 0.588. The van der Waals surface area contributed by atoms with Gasteiger partial charge in [-0.05, 0) is 31.4 Å². The second-order valence-electron chi connectivity index (χ2n) is 5.04. The van der Waals surface area contributed by atoms with Crippen LogP contribution in [0, 0.1) is 11.3 Å². The minimum Gasteiger partial charge on any atom is -0.492 e. The van der Waals surface area contributed by atoms with Crippen molar-refractivity contribution in [2.24, 2.45) is 0 Å². The van der Waals surface area contributed by atoms with Crippen LogP contribution in [0.1, 0.15) is 38.7 Å². The van der Waals surface area contributed by atoms with Crippen LogP contribution in [-0.4, -0.2) is 42.4 Å². The van der Waals surface area contributed by atoms with Crippen LogP contribution in [-0.2, 0) is 0 Å². The largest absolute Gasteiger partial charge is 0.492 e. The van der Waals surface area contributed by atoms with Gasteiger partial charge in [0.05, 0.1) is 18.8 Å². The number of hydrogen-bond donors (Lipinski definition) is 1. The highest BCUT2D eigenvalue weighted by Crippen LogP contribution is 2.17. The van der Waals surface area contributed by atoms with E-state index in [-0.39, 0.29) is 6.61 Å². The van der Waals surface area contributed by atoms with Crippen LogP contribution >= 0.6 is 0 Å². The van der Waals surface area contributed by atoms with E-state index in [0.717, 1.165) is 25.8 Å². The molecule has 0 aliphatic heterocycles. The van der Waals surface area contributed by atoms with Gasteiger partial charge in [0.2, 0.25) is 0 Å². The molecule has 1 rings (SSSR count). The maximum atomic E-state index is 9.17. The summed E-state index contributed by atoms with van der Waals surface area (Å²) in [5.74, 6) is 0.649. The number of hydrogen-bond acceptors (Lipinski definition) is 4. The van der Waals surface area contributed by atoms with Gasteiger partial charge in [-0.25, -0.2) is 0 Å². The van der Waals surface area contributed by atoms with Crippen LogP contribution in [0.3, 0.4) is 0 Å². The van der Waals surface area contributed by atoms with E-state index in [1.54, 1.807) is 6.07 Å². The lowest BCUT2D eigenvalue weighted by atomic mass is 10.1. The molecule has 0 spiro atoms. The number of nitrogens with zero attached hydrogens (tertiary/aromatic N) is 2. The average molecular weight is 290 g/mol. The standard InChI is InChI=1S/C17H26N2O2/c1-3-16(4-2)19(11-12-20)10-7-13-21-17-9-6-5-8-15(17)14-18/h5-6,8-9,16,20H,3-4,7,10-13H2,1-2H3. The third-order valence-corrected chi connectivity index (χ3v) is 3.70. The Kier molecular flexibility index (Phi) is 8.49. The van der Waals surface area contributed by atoms with Gasteiger partial charge in [-0.15, -0.1) is 0 Å². The number of nitriles is 1. The topological polar surface area (TPSA) is 56.5 Å². The number of aliphatic hydroxyl groups excluding tert-OH is 1.